The number of carbonyl (C=O) groups is 5. The Labute approximate surface area is 227 Å². The normalized spacial score (nSPS) is 10.5. The molecule has 3 aromatic rings. The fraction of sp³-hybridized carbons (Fsp3) is 0.154. The van der Waals surface area contributed by atoms with Crippen LogP contribution in [0, 0.1) is 6.92 Å². The van der Waals surface area contributed by atoms with Gasteiger partial charge < -0.3 is 25.1 Å². The Hall–Kier alpha value is -4.97. The van der Waals surface area contributed by atoms with Crippen LogP contribution in [0.25, 0.3) is 0 Å². The predicted octanol–water partition coefficient (Wildman–Crippen LogP) is 2.76. The van der Waals surface area contributed by atoms with E-state index in [1.807, 2.05) is 0 Å². The van der Waals surface area contributed by atoms with Gasteiger partial charge in [-0.05, 0) is 67.9 Å². The molecular weight excluding hydrogens is 530 g/mol. The van der Waals surface area contributed by atoms with Crippen LogP contribution in [0.15, 0.2) is 64.1 Å². The van der Waals surface area contributed by atoms with Crippen molar-refractivity contribution < 1.29 is 33.1 Å². The van der Waals surface area contributed by atoms with E-state index in [1.165, 1.54) is 42.5 Å². The summed E-state index contributed by atoms with van der Waals surface area (Å²) in [5.74, 6) is -3.74. The second-order valence-electron chi connectivity index (χ2n) is 7.85. The Morgan fingerprint density at radius 3 is 2.36 bits per heavy atom. The van der Waals surface area contributed by atoms with Crippen LogP contribution < -0.4 is 21.4 Å². The number of nitrogens with zero attached hydrogens (tertiary/aromatic N) is 1. The number of carbonyl (C=O) groups excluding carboxylic acids is 5. The van der Waals surface area contributed by atoms with Gasteiger partial charge in [0.2, 0.25) is 0 Å². The van der Waals surface area contributed by atoms with Gasteiger partial charge in [-0.25, -0.2) is 10.2 Å². The second-order valence-corrected chi connectivity index (χ2v) is 8.29. The molecule has 0 aliphatic carbocycles. The molecule has 39 heavy (non-hydrogen) atoms. The molecule has 0 saturated heterocycles. The summed E-state index contributed by atoms with van der Waals surface area (Å²) < 4.78 is 10.3. The van der Waals surface area contributed by atoms with E-state index in [4.69, 9.17) is 20.8 Å². The van der Waals surface area contributed by atoms with Crippen LogP contribution in [-0.2, 0) is 30.5 Å². The molecule has 0 radical (unpaired) electrons. The molecule has 202 valence electrons. The topological polar surface area (TPSA) is 168 Å². The van der Waals surface area contributed by atoms with Crippen molar-refractivity contribution in [1.82, 2.24) is 10.7 Å². The van der Waals surface area contributed by atoms with Gasteiger partial charge >= 0.3 is 29.6 Å². The van der Waals surface area contributed by atoms with E-state index in [0.29, 0.717) is 27.7 Å². The smallest absolute Gasteiger partial charge is 0.338 e. The molecule has 0 atom stereocenters. The summed E-state index contributed by atoms with van der Waals surface area (Å²) in [5, 5.41) is 11.3. The third-order valence-corrected chi connectivity index (χ3v) is 5.21. The number of hydrogen-bond donors (Lipinski definition) is 4. The SMILES string of the molecule is CCOC(=O)c1ccc(NC(=O)C(=O)NCc2ccc(/C=N/NC(=O)C(=O)Nc3cc(Cl)ccc3C)o2)cc1. The van der Waals surface area contributed by atoms with Crippen molar-refractivity contribution in [3.8, 4) is 0 Å². The monoisotopic (exact) mass is 553 g/mol. The third kappa shape index (κ3) is 8.54. The van der Waals surface area contributed by atoms with Crippen molar-refractivity contribution in [1.29, 1.82) is 0 Å². The van der Waals surface area contributed by atoms with Crippen molar-refractivity contribution in [3.05, 3.63) is 82.3 Å². The van der Waals surface area contributed by atoms with E-state index in [-0.39, 0.29) is 18.9 Å². The van der Waals surface area contributed by atoms with Crippen LogP contribution in [0.5, 0.6) is 0 Å². The number of hydrazone groups is 1. The number of esters is 1. The maximum absolute atomic E-state index is 12.1. The summed E-state index contributed by atoms with van der Waals surface area (Å²) in [7, 11) is 0. The highest BCUT2D eigenvalue weighted by atomic mass is 35.5. The number of furan rings is 1. The predicted molar refractivity (Wildman–Crippen MR) is 142 cm³/mol. The van der Waals surface area contributed by atoms with Crippen molar-refractivity contribution in [2.24, 2.45) is 5.10 Å². The number of halogens is 1. The van der Waals surface area contributed by atoms with Crippen LogP contribution in [0.4, 0.5) is 11.4 Å². The maximum atomic E-state index is 12.1. The van der Waals surface area contributed by atoms with Gasteiger partial charge in [0.1, 0.15) is 11.5 Å². The number of ether oxygens (including phenoxy) is 1. The van der Waals surface area contributed by atoms with Crippen LogP contribution in [0.3, 0.4) is 0 Å². The Balaban J connectivity index is 1.43. The van der Waals surface area contributed by atoms with E-state index in [1.54, 1.807) is 26.0 Å². The van der Waals surface area contributed by atoms with Crippen molar-refractivity contribution >= 4 is 58.8 Å². The summed E-state index contributed by atoms with van der Waals surface area (Å²) in [6.07, 6.45) is 1.16. The van der Waals surface area contributed by atoms with Crippen LogP contribution in [0.2, 0.25) is 5.02 Å². The van der Waals surface area contributed by atoms with Crippen LogP contribution >= 0.6 is 11.6 Å². The fourth-order valence-electron chi connectivity index (χ4n) is 3.01. The highest BCUT2D eigenvalue weighted by Crippen LogP contribution is 2.20. The first kappa shape index (κ1) is 28.6. The van der Waals surface area contributed by atoms with Gasteiger partial charge in [-0.1, -0.05) is 17.7 Å². The minimum absolute atomic E-state index is 0.102. The summed E-state index contributed by atoms with van der Waals surface area (Å²) in [5.41, 5.74) is 3.82. The van der Waals surface area contributed by atoms with Gasteiger partial charge in [0, 0.05) is 16.4 Å². The summed E-state index contributed by atoms with van der Waals surface area (Å²) in [6.45, 7) is 3.58. The molecule has 4 N–H and O–H groups in total. The summed E-state index contributed by atoms with van der Waals surface area (Å²) >= 11 is 5.90. The standard InChI is InChI=1S/C26H24ClN5O7/c1-3-38-26(37)16-5-8-18(9-6-16)30-23(34)22(33)28-13-19-10-11-20(39-19)14-29-32-25(36)24(35)31-21-12-17(27)7-4-15(21)2/h4-12,14H,3,13H2,1-2H3,(H,28,33)(H,30,34)(H,31,35)(H,32,36)/b29-14+. The molecule has 0 aliphatic rings. The number of amides is 4. The number of nitrogens with one attached hydrogen (secondary N) is 4. The fourth-order valence-corrected chi connectivity index (χ4v) is 3.18. The highest BCUT2D eigenvalue weighted by Gasteiger charge is 2.16. The minimum Gasteiger partial charge on any atom is -0.462 e. The first-order valence-electron chi connectivity index (χ1n) is 11.5. The molecule has 1 heterocycles. The van der Waals surface area contributed by atoms with Crippen LogP contribution in [0.1, 0.15) is 34.4 Å². The first-order chi connectivity index (χ1) is 18.7. The molecular formula is C26H24ClN5O7. The van der Waals surface area contributed by atoms with Gasteiger partial charge in [-0.2, -0.15) is 5.10 Å². The molecule has 0 spiro atoms. The number of benzene rings is 2. The second kappa shape index (κ2) is 13.5. The van der Waals surface area contributed by atoms with E-state index >= 15 is 0 Å². The lowest BCUT2D eigenvalue weighted by Gasteiger charge is -2.07. The van der Waals surface area contributed by atoms with Crippen molar-refractivity contribution in [3.63, 3.8) is 0 Å². The van der Waals surface area contributed by atoms with Gasteiger partial charge in [0.15, 0.2) is 0 Å². The molecule has 0 saturated carbocycles. The van der Waals surface area contributed by atoms with Gasteiger partial charge in [-0.15, -0.1) is 0 Å². The van der Waals surface area contributed by atoms with Crippen molar-refractivity contribution in [2.75, 3.05) is 17.2 Å². The summed E-state index contributed by atoms with van der Waals surface area (Å²) in [6, 6.07) is 13.8. The number of rotatable bonds is 8. The average Bonchev–Trinajstić information content (AvgIpc) is 3.37. The molecule has 4 amide bonds. The van der Waals surface area contributed by atoms with E-state index in [0.717, 1.165) is 11.8 Å². The first-order valence-corrected chi connectivity index (χ1v) is 11.9. The van der Waals surface area contributed by atoms with Crippen molar-refractivity contribution in [2.45, 2.75) is 20.4 Å². The zero-order valence-electron chi connectivity index (χ0n) is 20.9. The van der Waals surface area contributed by atoms with E-state index < -0.39 is 29.6 Å². The largest absolute Gasteiger partial charge is 0.462 e. The number of hydrogen-bond acceptors (Lipinski definition) is 8. The third-order valence-electron chi connectivity index (χ3n) is 4.98. The van der Waals surface area contributed by atoms with E-state index in [2.05, 4.69) is 26.5 Å². The molecule has 0 unspecified atom stereocenters. The Morgan fingerprint density at radius 1 is 0.923 bits per heavy atom. The average molecular weight is 554 g/mol. The van der Waals surface area contributed by atoms with Gasteiger partial charge in [0.25, 0.3) is 0 Å². The molecule has 0 aliphatic heterocycles. The summed E-state index contributed by atoms with van der Waals surface area (Å²) in [4.78, 5) is 59.9. The maximum Gasteiger partial charge on any atom is 0.338 e. The molecule has 2 aromatic carbocycles. The van der Waals surface area contributed by atoms with Crippen LogP contribution in [-0.4, -0.2) is 42.4 Å². The number of aryl methyl sites for hydroxylation is 1. The number of anilines is 2. The Morgan fingerprint density at radius 2 is 1.64 bits per heavy atom. The molecule has 13 heteroatoms. The molecule has 0 bridgehead atoms. The molecule has 12 nitrogen and oxygen atoms in total. The Kier molecular flexibility index (Phi) is 9.93. The quantitative estimate of drug-likeness (QED) is 0.144. The van der Waals surface area contributed by atoms with Gasteiger partial charge in [0.05, 0.1) is 24.9 Å². The Bertz CT molecular complexity index is 1420. The minimum atomic E-state index is -1.01. The molecule has 0 fully saturated rings. The lowest BCUT2D eigenvalue weighted by atomic mass is 10.2. The molecule has 1 aromatic heterocycles. The van der Waals surface area contributed by atoms with Gasteiger partial charge in [-0.3, -0.25) is 19.2 Å². The lowest BCUT2D eigenvalue weighted by molar-refractivity contribution is -0.136. The van der Waals surface area contributed by atoms with E-state index in [9.17, 15) is 24.0 Å². The molecule has 3 rings (SSSR count). The zero-order valence-corrected chi connectivity index (χ0v) is 21.6. The zero-order chi connectivity index (χ0) is 28.4. The highest BCUT2D eigenvalue weighted by molar-refractivity contribution is 6.40. The lowest BCUT2D eigenvalue weighted by Crippen LogP contribution is -2.34.